The van der Waals surface area contributed by atoms with Crippen molar-refractivity contribution in [2.75, 3.05) is 0 Å². The van der Waals surface area contributed by atoms with Gasteiger partial charge in [0.2, 0.25) is 6.10 Å². The Balaban J connectivity index is 2.43. The monoisotopic (exact) mass is 318 g/mol. The third-order valence-corrected chi connectivity index (χ3v) is 3.89. The fourth-order valence-corrected chi connectivity index (χ4v) is 2.41. The predicted octanol–water partition coefficient (Wildman–Crippen LogP) is 4.98. The number of benzene rings is 2. The largest absolute Gasteiger partial charge is 0.478 e. The second kappa shape index (κ2) is 6.84. The highest BCUT2D eigenvalue weighted by atomic mass is 35.5. The lowest BCUT2D eigenvalue weighted by Crippen LogP contribution is -2.19. The minimum atomic E-state index is -1.04. The van der Waals surface area contributed by atoms with Gasteiger partial charge in [0.15, 0.2) is 0 Å². The van der Waals surface area contributed by atoms with E-state index < -0.39 is 12.1 Å². The number of aryl methyl sites for hydroxylation is 1. The Morgan fingerprint density at radius 3 is 2.36 bits per heavy atom. The summed E-state index contributed by atoms with van der Waals surface area (Å²) < 4.78 is 5.83. The van der Waals surface area contributed by atoms with E-state index in [2.05, 4.69) is 0 Å². The molecule has 0 spiro atoms. The van der Waals surface area contributed by atoms with Crippen LogP contribution in [0, 0.1) is 6.92 Å². The van der Waals surface area contributed by atoms with E-state index in [4.69, 9.17) is 16.3 Å². The lowest BCUT2D eigenvalue weighted by molar-refractivity contribution is -0.145. The van der Waals surface area contributed by atoms with Crippen LogP contribution < -0.4 is 4.74 Å². The molecular formula is C18H19ClO3. The maximum absolute atomic E-state index is 11.6. The molecule has 4 heteroatoms. The first-order valence-electron chi connectivity index (χ1n) is 7.14. The van der Waals surface area contributed by atoms with Gasteiger partial charge in [-0.25, -0.2) is 4.79 Å². The van der Waals surface area contributed by atoms with Gasteiger partial charge in [0, 0.05) is 10.6 Å². The van der Waals surface area contributed by atoms with Gasteiger partial charge in [-0.15, -0.1) is 0 Å². The van der Waals surface area contributed by atoms with Crippen LogP contribution in [-0.4, -0.2) is 11.1 Å². The normalized spacial score (nSPS) is 12.2. The van der Waals surface area contributed by atoms with Crippen LogP contribution in [0.5, 0.6) is 5.75 Å². The number of hydrogen-bond acceptors (Lipinski definition) is 2. The number of carboxylic acid groups (broad SMARTS) is 1. The molecule has 3 nitrogen and oxygen atoms in total. The maximum Gasteiger partial charge on any atom is 0.349 e. The standard InChI is InChI=1S/C18H19ClO3/c1-11(2)14-10-15(19)12(3)9-16(14)22-17(18(20)21)13-7-5-4-6-8-13/h4-11,17H,1-3H3,(H,20,21). The number of hydrogen-bond donors (Lipinski definition) is 1. The van der Waals surface area contributed by atoms with Crippen LogP contribution in [0.3, 0.4) is 0 Å². The van der Waals surface area contributed by atoms with Crippen molar-refractivity contribution < 1.29 is 14.6 Å². The Labute approximate surface area is 135 Å². The van der Waals surface area contributed by atoms with Crippen LogP contribution in [0.15, 0.2) is 42.5 Å². The third kappa shape index (κ3) is 3.60. The summed E-state index contributed by atoms with van der Waals surface area (Å²) in [5, 5.41) is 10.1. The third-order valence-electron chi connectivity index (χ3n) is 3.48. The Kier molecular flexibility index (Phi) is 5.09. The van der Waals surface area contributed by atoms with Gasteiger partial charge >= 0.3 is 5.97 Å². The average Bonchev–Trinajstić information content (AvgIpc) is 2.48. The van der Waals surface area contributed by atoms with E-state index in [9.17, 15) is 9.90 Å². The van der Waals surface area contributed by atoms with Crippen molar-refractivity contribution in [3.8, 4) is 5.75 Å². The minimum Gasteiger partial charge on any atom is -0.478 e. The maximum atomic E-state index is 11.6. The van der Waals surface area contributed by atoms with E-state index in [0.717, 1.165) is 11.1 Å². The van der Waals surface area contributed by atoms with Crippen LogP contribution >= 0.6 is 11.6 Å². The van der Waals surface area contributed by atoms with Crippen molar-refractivity contribution in [2.24, 2.45) is 0 Å². The van der Waals surface area contributed by atoms with Crippen LogP contribution in [0.1, 0.15) is 42.6 Å². The van der Waals surface area contributed by atoms with Gasteiger partial charge in [-0.05, 0) is 36.1 Å². The van der Waals surface area contributed by atoms with Gasteiger partial charge in [-0.2, -0.15) is 0 Å². The summed E-state index contributed by atoms with van der Waals surface area (Å²) in [7, 11) is 0. The molecule has 1 N–H and O–H groups in total. The van der Waals surface area contributed by atoms with Crippen molar-refractivity contribution >= 4 is 17.6 Å². The first kappa shape index (κ1) is 16.4. The zero-order valence-electron chi connectivity index (χ0n) is 12.8. The fourth-order valence-electron chi connectivity index (χ4n) is 2.24. The van der Waals surface area contributed by atoms with Crippen molar-refractivity contribution in [1.82, 2.24) is 0 Å². The molecule has 0 bridgehead atoms. The molecule has 0 amide bonds. The Morgan fingerprint density at radius 1 is 1.18 bits per heavy atom. The average molecular weight is 319 g/mol. The molecule has 0 saturated carbocycles. The highest BCUT2D eigenvalue weighted by molar-refractivity contribution is 6.31. The first-order valence-corrected chi connectivity index (χ1v) is 7.52. The van der Waals surface area contributed by atoms with Gasteiger partial charge in [-0.3, -0.25) is 0 Å². The summed E-state index contributed by atoms with van der Waals surface area (Å²) in [4.78, 5) is 11.6. The van der Waals surface area contributed by atoms with E-state index >= 15 is 0 Å². The number of aliphatic carboxylic acids is 1. The molecule has 0 fully saturated rings. The van der Waals surface area contributed by atoms with Crippen LogP contribution in [0.2, 0.25) is 5.02 Å². The van der Waals surface area contributed by atoms with Crippen molar-refractivity contribution in [2.45, 2.75) is 32.8 Å². The molecule has 0 aliphatic carbocycles. The molecule has 2 aromatic carbocycles. The molecule has 2 aromatic rings. The smallest absolute Gasteiger partial charge is 0.349 e. The van der Waals surface area contributed by atoms with E-state index in [1.54, 1.807) is 30.3 Å². The number of ether oxygens (including phenoxy) is 1. The lowest BCUT2D eigenvalue weighted by atomic mass is 10.00. The highest BCUT2D eigenvalue weighted by Gasteiger charge is 2.23. The molecule has 0 heterocycles. The molecule has 22 heavy (non-hydrogen) atoms. The summed E-state index contributed by atoms with van der Waals surface area (Å²) >= 11 is 6.17. The SMILES string of the molecule is Cc1cc(OC(C(=O)O)c2ccccc2)c(C(C)C)cc1Cl. The molecule has 0 saturated heterocycles. The van der Waals surface area contributed by atoms with Gasteiger partial charge in [0.05, 0.1) is 0 Å². The second-order valence-corrected chi connectivity index (χ2v) is 5.95. The molecule has 116 valence electrons. The zero-order chi connectivity index (χ0) is 16.3. The Morgan fingerprint density at radius 2 is 1.82 bits per heavy atom. The summed E-state index contributed by atoms with van der Waals surface area (Å²) in [5.74, 6) is -0.278. The van der Waals surface area contributed by atoms with Crippen LogP contribution in [0.4, 0.5) is 0 Å². The summed E-state index contributed by atoms with van der Waals surface area (Å²) in [6, 6.07) is 12.6. The molecule has 1 atom stereocenters. The minimum absolute atomic E-state index is 0.179. The van der Waals surface area contributed by atoms with E-state index in [0.29, 0.717) is 16.3 Å². The highest BCUT2D eigenvalue weighted by Crippen LogP contribution is 2.34. The number of halogens is 1. The predicted molar refractivity (Wildman–Crippen MR) is 87.7 cm³/mol. The van der Waals surface area contributed by atoms with Gasteiger partial charge in [0.1, 0.15) is 5.75 Å². The Hall–Kier alpha value is -2.00. The molecule has 0 aromatic heterocycles. The first-order chi connectivity index (χ1) is 10.4. The number of carboxylic acids is 1. The van der Waals surface area contributed by atoms with Crippen molar-refractivity contribution in [3.63, 3.8) is 0 Å². The number of rotatable bonds is 5. The topological polar surface area (TPSA) is 46.5 Å². The van der Waals surface area contributed by atoms with Gasteiger partial charge < -0.3 is 9.84 Å². The molecule has 0 radical (unpaired) electrons. The summed E-state index contributed by atoms with van der Waals surface area (Å²) in [5.41, 5.74) is 2.37. The molecular weight excluding hydrogens is 300 g/mol. The van der Waals surface area contributed by atoms with Crippen molar-refractivity contribution in [3.05, 3.63) is 64.2 Å². The summed E-state index contributed by atoms with van der Waals surface area (Å²) in [6.45, 7) is 5.91. The fraction of sp³-hybridized carbons (Fsp3) is 0.278. The van der Waals surface area contributed by atoms with E-state index in [1.165, 1.54) is 0 Å². The van der Waals surface area contributed by atoms with Gasteiger partial charge in [-0.1, -0.05) is 55.8 Å². The molecule has 0 aliphatic heterocycles. The lowest BCUT2D eigenvalue weighted by Gasteiger charge is -2.20. The van der Waals surface area contributed by atoms with Crippen LogP contribution in [-0.2, 0) is 4.79 Å². The van der Waals surface area contributed by atoms with Crippen LogP contribution in [0.25, 0.3) is 0 Å². The van der Waals surface area contributed by atoms with E-state index in [1.807, 2.05) is 32.9 Å². The quantitative estimate of drug-likeness (QED) is 0.846. The van der Waals surface area contributed by atoms with Gasteiger partial charge in [0.25, 0.3) is 0 Å². The summed E-state index contributed by atoms with van der Waals surface area (Å²) in [6.07, 6.45) is -1.04. The van der Waals surface area contributed by atoms with Crippen molar-refractivity contribution in [1.29, 1.82) is 0 Å². The molecule has 0 aliphatic rings. The number of carbonyl (C=O) groups is 1. The Bertz CT molecular complexity index is 666. The zero-order valence-corrected chi connectivity index (χ0v) is 13.6. The van der Waals surface area contributed by atoms with E-state index in [-0.39, 0.29) is 5.92 Å². The molecule has 1 unspecified atom stereocenters. The molecule has 2 rings (SSSR count). The second-order valence-electron chi connectivity index (χ2n) is 5.54.